The van der Waals surface area contributed by atoms with Gasteiger partial charge in [0.05, 0.1) is 0 Å². The highest BCUT2D eigenvalue weighted by Crippen LogP contribution is 2.68. The molecule has 0 aromatic rings. The normalized spacial score (nSPS) is 31.3. The first-order valence-electron chi connectivity index (χ1n) is 13.9. The second kappa shape index (κ2) is 10.3. The smallest absolute Gasteiger partial charge is 0.0210 e. The summed E-state index contributed by atoms with van der Waals surface area (Å²) in [7, 11) is 0. The van der Waals surface area contributed by atoms with Crippen molar-refractivity contribution < 1.29 is 0 Å². The van der Waals surface area contributed by atoms with Crippen molar-refractivity contribution in [3.05, 3.63) is 0 Å². The molecule has 4 aliphatic rings. The highest BCUT2D eigenvalue weighted by molar-refractivity contribution is 5.08. The molecule has 0 N–H and O–H groups in total. The minimum atomic E-state index is 0.734. The summed E-state index contributed by atoms with van der Waals surface area (Å²) in [5.41, 5.74) is 1.49. The Morgan fingerprint density at radius 1 is 0.286 bits per heavy atom. The molecule has 4 saturated carbocycles. The maximum atomic E-state index is 1.62. The zero-order valence-corrected chi connectivity index (χ0v) is 19.1. The maximum absolute atomic E-state index is 1.62. The van der Waals surface area contributed by atoms with E-state index in [1.54, 1.807) is 89.9 Å². The summed E-state index contributed by atoms with van der Waals surface area (Å²) in [6.07, 6.45) is 37.5. The van der Waals surface area contributed by atoms with Gasteiger partial charge in [-0.3, -0.25) is 0 Å². The summed E-state index contributed by atoms with van der Waals surface area (Å²) in [6, 6.07) is 0. The molecule has 0 saturated heterocycles. The first-order valence-corrected chi connectivity index (χ1v) is 13.9. The van der Waals surface area contributed by atoms with E-state index in [9.17, 15) is 0 Å². The molecule has 0 bridgehead atoms. The van der Waals surface area contributed by atoms with Crippen molar-refractivity contribution in [1.82, 2.24) is 0 Å². The van der Waals surface area contributed by atoms with E-state index in [2.05, 4.69) is 0 Å². The van der Waals surface area contributed by atoms with E-state index in [0.717, 1.165) is 22.7 Å². The lowest BCUT2D eigenvalue weighted by atomic mass is 9.47. The molecule has 0 heteroatoms. The standard InChI is InChI=1S/C28H50/c1-2-5-11-17-25(18-12-6-3-1)27(21-13-7-4-8-14-22-27)28(26-19-20-26)23-15-9-10-16-24-28/h25-26H,1-24H2. The van der Waals surface area contributed by atoms with Gasteiger partial charge in [0.25, 0.3) is 0 Å². The largest absolute Gasteiger partial charge is 0.0533 e. The summed E-state index contributed by atoms with van der Waals surface area (Å²) in [5, 5.41) is 0. The van der Waals surface area contributed by atoms with Crippen LogP contribution in [0.4, 0.5) is 0 Å². The van der Waals surface area contributed by atoms with E-state index >= 15 is 0 Å². The zero-order chi connectivity index (χ0) is 19.1. The minimum Gasteiger partial charge on any atom is -0.0533 e. The van der Waals surface area contributed by atoms with Crippen LogP contribution in [-0.4, -0.2) is 0 Å². The van der Waals surface area contributed by atoms with E-state index in [0.29, 0.717) is 0 Å². The van der Waals surface area contributed by atoms with Gasteiger partial charge < -0.3 is 0 Å². The Morgan fingerprint density at radius 2 is 0.571 bits per heavy atom. The quantitative estimate of drug-likeness (QED) is 0.423. The van der Waals surface area contributed by atoms with Crippen molar-refractivity contribution in [3.63, 3.8) is 0 Å². The van der Waals surface area contributed by atoms with Crippen LogP contribution in [0.1, 0.15) is 154 Å². The van der Waals surface area contributed by atoms with Crippen LogP contribution in [0.5, 0.6) is 0 Å². The van der Waals surface area contributed by atoms with Gasteiger partial charge in [0.2, 0.25) is 0 Å². The molecule has 28 heavy (non-hydrogen) atoms. The minimum absolute atomic E-state index is 0.734. The number of hydrogen-bond acceptors (Lipinski definition) is 0. The zero-order valence-electron chi connectivity index (χ0n) is 19.1. The van der Waals surface area contributed by atoms with Gasteiger partial charge in [-0.25, -0.2) is 0 Å². The molecule has 0 aromatic heterocycles. The molecule has 0 nitrogen and oxygen atoms in total. The first-order chi connectivity index (χ1) is 13.9. The van der Waals surface area contributed by atoms with Crippen molar-refractivity contribution in [1.29, 1.82) is 0 Å². The van der Waals surface area contributed by atoms with Gasteiger partial charge in [-0.05, 0) is 74.0 Å². The van der Waals surface area contributed by atoms with Crippen molar-refractivity contribution >= 4 is 0 Å². The third-order valence-electron chi connectivity index (χ3n) is 9.98. The van der Waals surface area contributed by atoms with E-state index in [4.69, 9.17) is 0 Å². The lowest BCUT2D eigenvalue weighted by molar-refractivity contribution is -0.0830. The van der Waals surface area contributed by atoms with Crippen LogP contribution in [-0.2, 0) is 0 Å². The lowest BCUT2D eigenvalue weighted by Crippen LogP contribution is -2.49. The molecule has 0 spiro atoms. The molecular weight excluding hydrogens is 336 g/mol. The highest BCUT2D eigenvalue weighted by atomic mass is 14.6. The molecule has 162 valence electrons. The van der Waals surface area contributed by atoms with Gasteiger partial charge in [0.1, 0.15) is 0 Å². The topological polar surface area (TPSA) is 0 Å². The first kappa shape index (κ1) is 21.2. The van der Waals surface area contributed by atoms with E-state index in [1.807, 2.05) is 0 Å². The van der Waals surface area contributed by atoms with Gasteiger partial charge in [-0.1, -0.05) is 103 Å². The van der Waals surface area contributed by atoms with Gasteiger partial charge in [-0.15, -0.1) is 0 Å². The van der Waals surface area contributed by atoms with Gasteiger partial charge in [0.15, 0.2) is 0 Å². The Bertz CT molecular complexity index is 419. The molecule has 0 aromatic carbocycles. The SMILES string of the molecule is C1CCCCC(C2(C3(C4CC4)CCCCCC3)CCCCCCC2)CCCC1. The van der Waals surface area contributed by atoms with Crippen LogP contribution >= 0.6 is 0 Å². The Hall–Kier alpha value is 0. The molecular formula is C28H50. The Balaban J connectivity index is 1.66. The van der Waals surface area contributed by atoms with Gasteiger partial charge in [-0.2, -0.15) is 0 Å². The Morgan fingerprint density at radius 3 is 0.929 bits per heavy atom. The van der Waals surface area contributed by atoms with Crippen LogP contribution in [0.2, 0.25) is 0 Å². The molecule has 0 heterocycles. The monoisotopic (exact) mass is 386 g/mol. The molecule has 0 amide bonds. The third kappa shape index (κ3) is 4.67. The molecule has 0 unspecified atom stereocenters. The van der Waals surface area contributed by atoms with Crippen LogP contribution < -0.4 is 0 Å². The third-order valence-corrected chi connectivity index (χ3v) is 9.98. The van der Waals surface area contributed by atoms with Crippen molar-refractivity contribution in [2.45, 2.75) is 154 Å². The van der Waals surface area contributed by atoms with Crippen molar-refractivity contribution in [3.8, 4) is 0 Å². The summed E-state index contributed by atoms with van der Waals surface area (Å²) >= 11 is 0. The molecule has 4 aliphatic carbocycles. The summed E-state index contributed by atoms with van der Waals surface area (Å²) in [6.45, 7) is 0. The molecule has 4 fully saturated rings. The summed E-state index contributed by atoms with van der Waals surface area (Å²) in [5.74, 6) is 2.20. The molecule has 0 radical (unpaired) electrons. The summed E-state index contributed by atoms with van der Waals surface area (Å²) < 4.78 is 0. The second-order valence-electron chi connectivity index (χ2n) is 11.5. The summed E-state index contributed by atoms with van der Waals surface area (Å²) in [4.78, 5) is 0. The Labute approximate surface area is 177 Å². The van der Waals surface area contributed by atoms with Crippen LogP contribution in [0.3, 0.4) is 0 Å². The van der Waals surface area contributed by atoms with Gasteiger partial charge in [0, 0.05) is 0 Å². The van der Waals surface area contributed by atoms with Crippen LogP contribution in [0.25, 0.3) is 0 Å². The molecule has 4 rings (SSSR count). The van der Waals surface area contributed by atoms with E-state index in [1.165, 1.54) is 64.2 Å². The van der Waals surface area contributed by atoms with E-state index in [-0.39, 0.29) is 0 Å². The lowest BCUT2D eigenvalue weighted by Gasteiger charge is -2.57. The second-order valence-corrected chi connectivity index (χ2v) is 11.5. The van der Waals surface area contributed by atoms with E-state index < -0.39 is 0 Å². The fourth-order valence-corrected chi connectivity index (χ4v) is 8.52. The van der Waals surface area contributed by atoms with Crippen molar-refractivity contribution in [2.75, 3.05) is 0 Å². The highest BCUT2D eigenvalue weighted by Gasteiger charge is 2.59. The predicted octanol–water partition coefficient (Wildman–Crippen LogP) is 9.61. The molecule has 0 atom stereocenters. The number of hydrogen-bond donors (Lipinski definition) is 0. The van der Waals surface area contributed by atoms with Crippen LogP contribution in [0.15, 0.2) is 0 Å². The fourth-order valence-electron chi connectivity index (χ4n) is 8.52. The Kier molecular flexibility index (Phi) is 7.85. The van der Waals surface area contributed by atoms with Crippen molar-refractivity contribution in [2.24, 2.45) is 22.7 Å². The fraction of sp³-hybridized carbons (Fsp3) is 1.00. The van der Waals surface area contributed by atoms with Crippen LogP contribution in [0, 0.1) is 22.7 Å². The van der Waals surface area contributed by atoms with Gasteiger partial charge >= 0.3 is 0 Å². The predicted molar refractivity (Wildman–Crippen MR) is 123 cm³/mol. The molecule has 0 aliphatic heterocycles. The number of rotatable bonds is 3. The average molecular weight is 387 g/mol. The maximum Gasteiger partial charge on any atom is -0.0210 e. The average Bonchev–Trinajstić information content (AvgIpc) is 3.53.